The summed E-state index contributed by atoms with van der Waals surface area (Å²) >= 11 is 5.81. The van der Waals surface area contributed by atoms with Crippen LogP contribution >= 0.6 is 11.6 Å². The largest absolute Gasteiger partial charge is 0.223 e. The van der Waals surface area contributed by atoms with Crippen molar-refractivity contribution in [1.82, 2.24) is 0 Å². The van der Waals surface area contributed by atoms with Crippen LogP contribution in [0.2, 0.25) is 0 Å². The summed E-state index contributed by atoms with van der Waals surface area (Å²) in [4.78, 5) is 0.343. The topological polar surface area (TPSA) is 34.1 Å². The van der Waals surface area contributed by atoms with Crippen molar-refractivity contribution < 1.29 is 8.42 Å². The van der Waals surface area contributed by atoms with Gasteiger partial charge in [-0.25, -0.2) is 8.42 Å². The Morgan fingerprint density at radius 1 is 1.19 bits per heavy atom. The second-order valence-electron chi connectivity index (χ2n) is 4.87. The molecule has 90 valence electrons. The zero-order chi connectivity index (χ0) is 12.4. The fourth-order valence-electron chi connectivity index (χ4n) is 1.55. The Kier molecular flexibility index (Phi) is 4.02. The Hall–Kier alpha value is -0.540. The SMILES string of the molecule is CC(C)(C)C(CCl)S(=O)(=O)c1ccccc1. The van der Waals surface area contributed by atoms with Crippen molar-refractivity contribution >= 4 is 21.4 Å². The van der Waals surface area contributed by atoms with E-state index in [0.717, 1.165) is 0 Å². The predicted octanol–water partition coefficient (Wildman–Crippen LogP) is 3.11. The Morgan fingerprint density at radius 3 is 2.06 bits per heavy atom. The summed E-state index contributed by atoms with van der Waals surface area (Å²) in [5.74, 6) is 0.112. The van der Waals surface area contributed by atoms with Gasteiger partial charge >= 0.3 is 0 Å². The number of benzene rings is 1. The van der Waals surface area contributed by atoms with Gasteiger partial charge in [0.2, 0.25) is 0 Å². The van der Waals surface area contributed by atoms with Crippen LogP contribution in [0.5, 0.6) is 0 Å². The molecular formula is C12H17ClO2S. The molecule has 0 heterocycles. The van der Waals surface area contributed by atoms with Crippen LogP contribution in [0.15, 0.2) is 35.2 Å². The minimum atomic E-state index is -3.34. The van der Waals surface area contributed by atoms with Crippen molar-refractivity contribution in [3.8, 4) is 0 Å². The Labute approximate surface area is 103 Å². The van der Waals surface area contributed by atoms with Crippen molar-refractivity contribution in [2.75, 3.05) is 5.88 Å². The van der Waals surface area contributed by atoms with E-state index in [9.17, 15) is 8.42 Å². The van der Waals surface area contributed by atoms with E-state index >= 15 is 0 Å². The molecule has 1 aromatic carbocycles. The van der Waals surface area contributed by atoms with Crippen LogP contribution in [-0.2, 0) is 9.84 Å². The summed E-state index contributed by atoms with van der Waals surface area (Å²) in [6.45, 7) is 5.67. The first-order chi connectivity index (χ1) is 7.30. The van der Waals surface area contributed by atoms with Crippen LogP contribution in [0.25, 0.3) is 0 Å². The molecule has 0 aliphatic rings. The van der Waals surface area contributed by atoms with Gasteiger partial charge in [0.15, 0.2) is 9.84 Å². The highest BCUT2D eigenvalue weighted by Crippen LogP contribution is 2.30. The highest BCUT2D eigenvalue weighted by Gasteiger charge is 2.36. The van der Waals surface area contributed by atoms with E-state index in [-0.39, 0.29) is 11.3 Å². The second kappa shape index (κ2) is 4.76. The molecule has 1 atom stereocenters. The van der Waals surface area contributed by atoms with Gasteiger partial charge in [0, 0.05) is 5.88 Å². The zero-order valence-electron chi connectivity index (χ0n) is 9.77. The summed E-state index contributed by atoms with van der Waals surface area (Å²) in [6, 6.07) is 8.47. The number of hydrogen-bond donors (Lipinski definition) is 0. The van der Waals surface area contributed by atoms with Gasteiger partial charge in [0.1, 0.15) is 0 Å². The first-order valence-electron chi connectivity index (χ1n) is 5.15. The predicted molar refractivity (Wildman–Crippen MR) is 67.6 cm³/mol. The van der Waals surface area contributed by atoms with Crippen LogP contribution in [0, 0.1) is 5.41 Å². The minimum Gasteiger partial charge on any atom is -0.223 e. The van der Waals surface area contributed by atoms with Gasteiger partial charge in [-0.3, -0.25) is 0 Å². The molecule has 16 heavy (non-hydrogen) atoms. The van der Waals surface area contributed by atoms with E-state index in [0.29, 0.717) is 4.90 Å². The number of halogens is 1. The Bertz CT molecular complexity index is 432. The van der Waals surface area contributed by atoms with E-state index in [2.05, 4.69) is 0 Å². The molecule has 4 heteroatoms. The highest BCUT2D eigenvalue weighted by atomic mass is 35.5. The lowest BCUT2D eigenvalue weighted by Crippen LogP contribution is -2.36. The number of sulfone groups is 1. The van der Waals surface area contributed by atoms with Gasteiger partial charge in [-0.15, -0.1) is 11.6 Å². The summed E-state index contributed by atoms with van der Waals surface area (Å²) < 4.78 is 24.7. The van der Waals surface area contributed by atoms with Crippen LogP contribution in [0.1, 0.15) is 20.8 Å². The van der Waals surface area contributed by atoms with E-state index in [4.69, 9.17) is 11.6 Å². The van der Waals surface area contributed by atoms with Crippen molar-refractivity contribution in [2.24, 2.45) is 5.41 Å². The molecule has 1 unspecified atom stereocenters. The first-order valence-corrected chi connectivity index (χ1v) is 7.23. The van der Waals surface area contributed by atoms with E-state index in [1.165, 1.54) is 0 Å². The maximum atomic E-state index is 12.3. The number of rotatable bonds is 3. The van der Waals surface area contributed by atoms with E-state index < -0.39 is 15.1 Å². The van der Waals surface area contributed by atoms with Gasteiger partial charge in [0.25, 0.3) is 0 Å². The van der Waals surface area contributed by atoms with Crippen molar-refractivity contribution in [1.29, 1.82) is 0 Å². The van der Waals surface area contributed by atoms with Gasteiger partial charge < -0.3 is 0 Å². The van der Waals surface area contributed by atoms with Crippen LogP contribution in [0.4, 0.5) is 0 Å². The number of alkyl halides is 1. The molecule has 0 aromatic heterocycles. The van der Waals surface area contributed by atoms with Crippen LogP contribution in [-0.4, -0.2) is 19.5 Å². The Morgan fingerprint density at radius 2 is 1.69 bits per heavy atom. The first kappa shape index (κ1) is 13.5. The van der Waals surface area contributed by atoms with Crippen LogP contribution < -0.4 is 0 Å². The molecule has 0 fully saturated rings. The van der Waals surface area contributed by atoms with Gasteiger partial charge in [-0.2, -0.15) is 0 Å². The molecule has 0 radical (unpaired) electrons. The lowest BCUT2D eigenvalue weighted by molar-refractivity contribution is 0.395. The molecule has 0 saturated heterocycles. The average molecular weight is 261 g/mol. The minimum absolute atomic E-state index is 0.112. The third-order valence-electron chi connectivity index (χ3n) is 2.55. The molecule has 0 spiro atoms. The Balaban J connectivity index is 3.21. The molecule has 1 rings (SSSR count). The van der Waals surface area contributed by atoms with E-state index in [1.807, 2.05) is 20.8 Å². The molecule has 0 amide bonds. The second-order valence-corrected chi connectivity index (χ2v) is 7.31. The highest BCUT2D eigenvalue weighted by molar-refractivity contribution is 7.92. The molecule has 0 aliphatic heterocycles. The van der Waals surface area contributed by atoms with Crippen LogP contribution in [0.3, 0.4) is 0 Å². The number of hydrogen-bond acceptors (Lipinski definition) is 2. The van der Waals surface area contributed by atoms with Gasteiger partial charge in [0.05, 0.1) is 10.1 Å². The van der Waals surface area contributed by atoms with E-state index in [1.54, 1.807) is 30.3 Å². The van der Waals surface area contributed by atoms with Crippen molar-refractivity contribution in [3.05, 3.63) is 30.3 Å². The lowest BCUT2D eigenvalue weighted by Gasteiger charge is -2.28. The molecule has 0 bridgehead atoms. The summed E-state index contributed by atoms with van der Waals surface area (Å²) in [7, 11) is -3.34. The summed E-state index contributed by atoms with van der Waals surface area (Å²) in [5.41, 5.74) is -0.365. The summed E-state index contributed by atoms with van der Waals surface area (Å²) in [5, 5.41) is -0.566. The third-order valence-corrected chi connectivity index (χ3v) is 5.60. The fraction of sp³-hybridized carbons (Fsp3) is 0.500. The van der Waals surface area contributed by atoms with Gasteiger partial charge in [-0.1, -0.05) is 39.0 Å². The lowest BCUT2D eigenvalue weighted by atomic mass is 9.93. The third kappa shape index (κ3) is 2.77. The smallest absolute Gasteiger partial charge is 0.182 e. The quantitative estimate of drug-likeness (QED) is 0.783. The maximum Gasteiger partial charge on any atom is 0.182 e. The zero-order valence-corrected chi connectivity index (χ0v) is 11.3. The molecule has 0 saturated carbocycles. The molecule has 2 nitrogen and oxygen atoms in total. The van der Waals surface area contributed by atoms with Gasteiger partial charge in [-0.05, 0) is 17.5 Å². The normalized spacial score (nSPS) is 14.8. The molecule has 0 aliphatic carbocycles. The average Bonchev–Trinajstić information content (AvgIpc) is 2.17. The fourth-order valence-corrected chi connectivity index (χ4v) is 4.48. The van der Waals surface area contributed by atoms with Crippen molar-refractivity contribution in [3.63, 3.8) is 0 Å². The standard InChI is InChI=1S/C12H17ClO2S/c1-12(2,3)11(9-13)16(14,15)10-7-5-4-6-8-10/h4-8,11H,9H2,1-3H3. The molecule has 1 aromatic rings. The monoisotopic (exact) mass is 260 g/mol. The van der Waals surface area contributed by atoms with Crippen molar-refractivity contribution in [2.45, 2.75) is 30.9 Å². The molecular weight excluding hydrogens is 244 g/mol. The summed E-state index contributed by atoms with van der Waals surface area (Å²) in [6.07, 6.45) is 0. The maximum absolute atomic E-state index is 12.3. The molecule has 0 N–H and O–H groups in total.